The summed E-state index contributed by atoms with van der Waals surface area (Å²) >= 11 is 0. The Kier molecular flexibility index (Phi) is 2.14. The van der Waals surface area contributed by atoms with Crippen molar-refractivity contribution in [3.8, 4) is 0 Å². The maximum Gasteiger partial charge on any atom is 0.419 e. The van der Waals surface area contributed by atoms with E-state index in [-0.39, 0.29) is 17.9 Å². The van der Waals surface area contributed by atoms with Crippen molar-refractivity contribution < 1.29 is 17.6 Å². The maximum atomic E-state index is 12.1. The van der Waals surface area contributed by atoms with Gasteiger partial charge < -0.3 is 10.2 Å². The van der Waals surface area contributed by atoms with Crippen LogP contribution in [0.2, 0.25) is 0 Å². The third-order valence-electron chi connectivity index (χ3n) is 1.61. The van der Waals surface area contributed by atoms with Gasteiger partial charge in [0.05, 0.1) is 5.56 Å². The van der Waals surface area contributed by atoms with E-state index in [9.17, 15) is 13.2 Å². The molecular formula is C7H8F3NO. The average molecular weight is 179 g/mol. The van der Waals surface area contributed by atoms with Gasteiger partial charge in [-0.1, -0.05) is 0 Å². The topological polar surface area (TPSA) is 39.2 Å². The molecule has 1 heterocycles. The Morgan fingerprint density at radius 1 is 1.50 bits per heavy atom. The number of alkyl halides is 3. The van der Waals surface area contributed by atoms with Crippen LogP contribution in [0.15, 0.2) is 10.7 Å². The van der Waals surface area contributed by atoms with Crippen LogP contribution in [0.3, 0.4) is 0 Å². The summed E-state index contributed by atoms with van der Waals surface area (Å²) in [4.78, 5) is 0. The smallest absolute Gasteiger partial charge is 0.419 e. The van der Waals surface area contributed by atoms with Crippen molar-refractivity contribution in [3.05, 3.63) is 23.2 Å². The summed E-state index contributed by atoms with van der Waals surface area (Å²) in [5.74, 6) is 0.227. The van der Waals surface area contributed by atoms with Gasteiger partial charge in [-0.05, 0) is 6.92 Å². The number of hydrogen-bond donors (Lipinski definition) is 1. The monoisotopic (exact) mass is 179 g/mol. The van der Waals surface area contributed by atoms with E-state index in [1.165, 1.54) is 6.92 Å². The van der Waals surface area contributed by atoms with Crippen LogP contribution in [-0.2, 0) is 12.7 Å². The first kappa shape index (κ1) is 9.12. The first-order chi connectivity index (χ1) is 5.46. The Morgan fingerprint density at radius 3 is 2.42 bits per heavy atom. The summed E-state index contributed by atoms with van der Waals surface area (Å²) < 4.78 is 41.0. The van der Waals surface area contributed by atoms with Gasteiger partial charge in [0.1, 0.15) is 12.0 Å². The van der Waals surface area contributed by atoms with Crippen LogP contribution < -0.4 is 5.73 Å². The lowest BCUT2D eigenvalue weighted by Gasteiger charge is -2.04. The molecule has 1 aromatic rings. The van der Waals surface area contributed by atoms with Crippen LogP contribution in [0.1, 0.15) is 16.9 Å². The molecule has 0 radical (unpaired) electrons. The molecule has 0 bridgehead atoms. The zero-order valence-electron chi connectivity index (χ0n) is 6.40. The highest BCUT2D eigenvalue weighted by Gasteiger charge is 2.35. The van der Waals surface area contributed by atoms with E-state index in [1.807, 2.05) is 0 Å². The third-order valence-corrected chi connectivity index (χ3v) is 1.61. The van der Waals surface area contributed by atoms with Gasteiger partial charge in [-0.25, -0.2) is 0 Å². The van der Waals surface area contributed by atoms with E-state index in [0.717, 1.165) is 0 Å². The summed E-state index contributed by atoms with van der Waals surface area (Å²) in [6.45, 7) is 1.30. The molecule has 0 unspecified atom stereocenters. The molecule has 0 saturated carbocycles. The summed E-state index contributed by atoms with van der Waals surface area (Å²) in [6.07, 6.45) is -3.68. The van der Waals surface area contributed by atoms with E-state index >= 15 is 0 Å². The molecule has 68 valence electrons. The third kappa shape index (κ3) is 1.45. The van der Waals surface area contributed by atoms with Crippen LogP contribution in [-0.4, -0.2) is 0 Å². The summed E-state index contributed by atoms with van der Waals surface area (Å²) in [6, 6.07) is 0. The van der Waals surface area contributed by atoms with Gasteiger partial charge in [0.25, 0.3) is 0 Å². The van der Waals surface area contributed by atoms with Gasteiger partial charge in [-0.15, -0.1) is 0 Å². The van der Waals surface area contributed by atoms with Gasteiger partial charge in [0.2, 0.25) is 0 Å². The molecule has 0 amide bonds. The van der Waals surface area contributed by atoms with Crippen LogP contribution >= 0.6 is 0 Å². The van der Waals surface area contributed by atoms with E-state index in [0.29, 0.717) is 6.26 Å². The minimum absolute atomic E-state index is 0.0301. The van der Waals surface area contributed by atoms with Gasteiger partial charge in [0, 0.05) is 12.1 Å². The van der Waals surface area contributed by atoms with Crippen molar-refractivity contribution in [2.45, 2.75) is 19.6 Å². The number of furan rings is 1. The highest BCUT2D eigenvalue weighted by molar-refractivity contribution is 5.29. The van der Waals surface area contributed by atoms with Crippen LogP contribution in [0.4, 0.5) is 13.2 Å². The van der Waals surface area contributed by atoms with Crippen LogP contribution in [0, 0.1) is 6.92 Å². The molecule has 0 spiro atoms. The molecule has 0 aliphatic rings. The van der Waals surface area contributed by atoms with E-state index in [4.69, 9.17) is 5.73 Å². The van der Waals surface area contributed by atoms with E-state index in [2.05, 4.69) is 4.42 Å². The van der Waals surface area contributed by atoms with Crippen molar-refractivity contribution in [1.29, 1.82) is 0 Å². The van der Waals surface area contributed by atoms with Gasteiger partial charge in [-0.3, -0.25) is 0 Å². The fourth-order valence-corrected chi connectivity index (χ4v) is 0.971. The highest BCUT2D eigenvalue weighted by Crippen LogP contribution is 2.33. The normalized spacial score (nSPS) is 12.1. The Labute approximate surface area is 67.2 Å². The molecule has 0 aliphatic carbocycles. The molecule has 0 fully saturated rings. The largest absolute Gasteiger partial charge is 0.469 e. The summed E-state index contributed by atoms with van der Waals surface area (Å²) in [7, 11) is 0. The molecule has 2 nitrogen and oxygen atoms in total. The first-order valence-electron chi connectivity index (χ1n) is 3.31. The van der Waals surface area contributed by atoms with Crippen molar-refractivity contribution in [2.24, 2.45) is 5.73 Å². The minimum Gasteiger partial charge on any atom is -0.469 e. The average Bonchev–Trinajstić information content (AvgIpc) is 2.29. The quantitative estimate of drug-likeness (QED) is 0.716. The molecule has 2 N–H and O–H groups in total. The van der Waals surface area contributed by atoms with E-state index < -0.39 is 11.7 Å². The van der Waals surface area contributed by atoms with Gasteiger partial charge >= 0.3 is 6.18 Å². The van der Waals surface area contributed by atoms with Gasteiger partial charge in [0.15, 0.2) is 0 Å². The molecule has 0 atom stereocenters. The fraction of sp³-hybridized carbons (Fsp3) is 0.429. The molecule has 1 rings (SSSR count). The Hall–Kier alpha value is -0.970. The Bertz CT molecular complexity index is 277. The van der Waals surface area contributed by atoms with E-state index in [1.54, 1.807) is 0 Å². The lowest BCUT2D eigenvalue weighted by Crippen LogP contribution is -2.09. The minimum atomic E-state index is -4.37. The number of rotatable bonds is 1. The number of aryl methyl sites for hydroxylation is 1. The SMILES string of the molecule is Cc1occ(C(F)(F)F)c1CN. The number of halogens is 3. The zero-order valence-corrected chi connectivity index (χ0v) is 6.40. The summed E-state index contributed by atoms with van der Waals surface area (Å²) in [5.41, 5.74) is 4.39. The standard InChI is InChI=1S/C7H8F3NO/c1-4-5(2-11)6(3-12-4)7(8,9)10/h3H,2,11H2,1H3. The first-order valence-corrected chi connectivity index (χ1v) is 3.31. The Balaban J connectivity index is 3.16. The molecule has 0 aliphatic heterocycles. The van der Waals surface area contributed by atoms with Crippen molar-refractivity contribution in [3.63, 3.8) is 0 Å². The predicted octanol–water partition coefficient (Wildman–Crippen LogP) is 2.07. The maximum absolute atomic E-state index is 12.1. The molecule has 5 heteroatoms. The van der Waals surface area contributed by atoms with Crippen LogP contribution in [0.5, 0.6) is 0 Å². The number of nitrogens with two attached hydrogens (primary N) is 1. The second-order valence-corrected chi connectivity index (χ2v) is 2.39. The second kappa shape index (κ2) is 2.82. The van der Waals surface area contributed by atoms with Crippen LogP contribution in [0.25, 0.3) is 0 Å². The zero-order chi connectivity index (χ0) is 9.35. The number of hydrogen-bond acceptors (Lipinski definition) is 2. The Morgan fingerprint density at radius 2 is 2.08 bits per heavy atom. The molecule has 0 saturated heterocycles. The lowest BCUT2D eigenvalue weighted by atomic mass is 10.1. The predicted molar refractivity (Wildman–Crippen MR) is 36.3 cm³/mol. The molecule has 1 aromatic heterocycles. The molecule has 0 aromatic carbocycles. The lowest BCUT2D eigenvalue weighted by molar-refractivity contribution is -0.138. The fourth-order valence-electron chi connectivity index (χ4n) is 0.971. The molecule has 12 heavy (non-hydrogen) atoms. The second-order valence-electron chi connectivity index (χ2n) is 2.39. The van der Waals surface area contributed by atoms with Gasteiger partial charge in [-0.2, -0.15) is 13.2 Å². The molecular weight excluding hydrogens is 171 g/mol. The van der Waals surface area contributed by atoms with Crippen molar-refractivity contribution in [1.82, 2.24) is 0 Å². The van der Waals surface area contributed by atoms with Crippen molar-refractivity contribution in [2.75, 3.05) is 0 Å². The summed E-state index contributed by atoms with van der Waals surface area (Å²) in [5, 5.41) is 0. The van der Waals surface area contributed by atoms with Crippen molar-refractivity contribution >= 4 is 0 Å². The highest BCUT2D eigenvalue weighted by atomic mass is 19.4.